The Balaban J connectivity index is 1.68. The summed E-state index contributed by atoms with van der Waals surface area (Å²) in [6, 6.07) is 10.3. The number of rotatable bonds is 6. The number of amides is 1. The molecule has 1 heterocycles. The zero-order valence-electron chi connectivity index (χ0n) is 14.7. The molecule has 6 nitrogen and oxygen atoms in total. The molecule has 3 aromatic rings. The van der Waals surface area contributed by atoms with Crippen molar-refractivity contribution in [3.8, 4) is 5.75 Å². The van der Waals surface area contributed by atoms with Crippen LogP contribution in [0.3, 0.4) is 0 Å². The first kappa shape index (κ1) is 19.2. The number of carbonyl (C=O) groups excluding carboxylic acids is 1. The lowest BCUT2D eigenvalue weighted by molar-refractivity contribution is 0.0946. The van der Waals surface area contributed by atoms with Gasteiger partial charge in [0.25, 0.3) is 5.91 Å². The van der Waals surface area contributed by atoms with E-state index in [2.05, 4.69) is 20.6 Å². The quantitative estimate of drug-likeness (QED) is 0.632. The molecule has 28 heavy (non-hydrogen) atoms. The number of methoxy groups -OCH3 is 1. The molecular weight excluding hydrogens is 373 g/mol. The second kappa shape index (κ2) is 8.38. The number of hydrogen-bond acceptors (Lipinski definition) is 5. The Labute approximate surface area is 158 Å². The number of carbonyl (C=O) groups is 1. The van der Waals surface area contributed by atoms with Gasteiger partial charge < -0.3 is 15.4 Å². The smallest absolute Gasteiger partial charge is 0.270 e. The van der Waals surface area contributed by atoms with Crippen LogP contribution in [0.25, 0.3) is 0 Å². The fourth-order valence-corrected chi connectivity index (χ4v) is 2.30. The zero-order chi connectivity index (χ0) is 20.1. The van der Waals surface area contributed by atoms with E-state index in [0.717, 1.165) is 17.7 Å². The summed E-state index contributed by atoms with van der Waals surface area (Å²) in [5.74, 6) is -4.24. The molecule has 144 valence electrons. The molecule has 2 aromatic carbocycles. The molecule has 0 aliphatic heterocycles. The van der Waals surface area contributed by atoms with E-state index in [1.165, 1.54) is 12.3 Å². The lowest BCUT2D eigenvalue weighted by Crippen LogP contribution is -2.24. The molecule has 3 rings (SSSR count). The van der Waals surface area contributed by atoms with Gasteiger partial charge in [-0.1, -0.05) is 12.1 Å². The highest BCUT2D eigenvalue weighted by Crippen LogP contribution is 2.22. The Hall–Kier alpha value is -3.62. The zero-order valence-corrected chi connectivity index (χ0v) is 14.7. The average Bonchev–Trinajstić information content (AvgIpc) is 2.73. The van der Waals surface area contributed by atoms with Gasteiger partial charge >= 0.3 is 0 Å². The van der Waals surface area contributed by atoms with Crippen molar-refractivity contribution in [3.63, 3.8) is 0 Å². The standard InChI is InChI=1S/C19H15F3N4O2/c1-28-12-4-2-11(3-5-12)10-24-18(27)15-8-9-23-19(26-15)25-14-7-6-13(20)16(21)17(14)22/h2-9H,10H2,1H3,(H,24,27)(H,23,25,26). The Morgan fingerprint density at radius 3 is 2.50 bits per heavy atom. The van der Waals surface area contributed by atoms with Gasteiger partial charge in [-0.3, -0.25) is 4.79 Å². The summed E-state index contributed by atoms with van der Waals surface area (Å²) in [5, 5.41) is 5.11. The summed E-state index contributed by atoms with van der Waals surface area (Å²) in [4.78, 5) is 20.1. The molecule has 9 heteroatoms. The summed E-state index contributed by atoms with van der Waals surface area (Å²) in [6.45, 7) is 0.257. The van der Waals surface area contributed by atoms with E-state index in [9.17, 15) is 18.0 Å². The van der Waals surface area contributed by atoms with Crippen LogP contribution in [0.4, 0.5) is 24.8 Å². The Bertz CT molecular complexity index is 997. The van der Waals surface area contributed by atoms with Crippen LogP contribution in [0.1, 0.15) is 16.1 Å². The third kappa shape index (κ3) is 4.37. The van der Waals surface area contributed by atoms with Gasteiger partial charge in [-0.2, -0.15) is 0 Å². The van der Waals surface area contributed by atoms with Crippen molar-refractivity contribution in [1.29, 1.82) is 0 Å². The van der Waals surface area contributed by atoms with E-state index >= 15 is 0 Å². The van der Waals surface area contributed by atoms with Gasteiger partial charge in [0.2, 0.25) is 5.95 Å². The van der Waals surface area contributed by atoms with Crippen LogP contribution in [0.5, 0.6) is 5.75 Å². The number of aromatic nitrogens is 2. The van der Waals surface area contributed by atoms with Crippen LogP contribution >= 0.6 is 0 Å². The van der Waals surface area contributed by atoms with Gasteiger partial charge in [-0.25, -0.2) is 23.1 Å². The lowest BCUT2D eigenvalue weighted by Gasteiger charge is -2.09. The maximum Gasteiger partial charge on any atom is 0.270 e. The van der Waals surface area contributed by atoms with Crippen LogP contribution in [-0.4, -0.2) is 23.0 Å². The average molecular weight is 388 g/mol. The molecule has 0 spiro atoms. The van der Waals surface area contributed by atoms with Gasteiger partial charge in [-0.15, -0.1) is 0 Å². The number of hydrogen-bond donors (Lipinski definition) is 2. The van der Waals surface area contributed by atoms with Gasteiger partial charge in [0.1, 0.15) is 11.4 Å². The topological polar surface area (TPSA) is 76.1 Å². The molecule has 0 radical (unpaired) electrons. The fraction of sp³-hybridized carbons (Fsp3) is 0.105. The lowest BCUT2D eigenvalue weighted by atomic mass is 10.2. The minimum Gasteiger partial charge on any atom is -0.497 e. The van der Waals surface area contributed by atoms with Crippen molar-refractivity contribution in [1.82, 2.24) is 15.3 Å². The predicted octanol–water partition coefficient (Wildman–Crippen LogP) is 3.58. The number of ether oxygens (including phenoxy) is 1. The monoisotopic (exact) mass is 388 g/mol. The third-order valence-electron chi connectivity index (χ3n) is 3.78. The van der Waals surface area contributed by atoms with Gasteiger partial charge in [0, 0.05) is 12.7 Å². The summed E-state index contributed by atoms with van der Waals surface area (Å²) in [7, 11) is 1.56. The van der Waals surface area contributed by atoms with E-state index in [1.807, 2.05) is 0 Å². The summed E-state index contributed by atoms with van der Waals surface area (Å²) >= 11 is 0. The number of benzene rings is 2. The van der Waals surface area contributed by atoms with Gasteiger partial charge in [0.05, 0.1) is 12.8 Å². The Morgan fingerprint density at radius 1 is 1.04 bits per heavy atom. The number of anilines is 2. The van der Waals surface area contributed by atoms with Crippen molar-refractivity contribution in [3.05, 3.63) is 77.4 Å². The van der Waals surface area contributed by atoms with E-state index in [4.69, 9.17) is 4.74 Å². The number of nitrogens with one attached hydrogen (secondary N) is 2. The highest BCUT2D eigenvalue weighted by Gasteiger charge is 2.15. The van der Waals surface area contributed by atoms with Crippen LogP contribution < -0.4 is 15.4 Å². The van der Waals surface area contributed by atoms with E-state index in [0.29, 0.717) is 5.75 Å². The molecule has 1 aromatic heterocycles. The molecule has 1 amide bonds. The molecule has 0 unspecified atom stereocenters. The van der Waals surface area contributed by atoms with Crippen LogP contribution in [0, 0.1) is 17.5 Å². The molecule has 2 N–H and O–H groups in total. The molecule has 0 saturated heterocycles. The Kier molecular flexibility index (Phi) is 5.73. The first-order chi connectivity index (χ1) is 13.5. The van der Waals surface area contributed by atoms with E-state index < -0.39 is 23.4 Å². The first-order valence-electron chi connectivity index (χ1n) is 8.12. The van der Waals surface area contributed by atoms with Crippen molar-refractivity contribution in [2.75, 3.05) is 12.4 Å². The van der Waals surface area contributed by atoms with Crippen LogP contribution in [0.15, 0.2) is 48.7 Å². The minimum atomic E-state index is -1.61. The van der Waals surface area contributed by atoms with Gasteiger partial charge in [-0.05, 0) is 35.9 Å². The number of halogens is 3. The highest BCUT2D eigenvalue weighted by molar-refractivity contribution is 5.92. The van der Waals surface area contributed by atoms with Gasteiger partial charge in [0.15, 0.2) is 17.5 Å². The van der Waals surface area contributed by atoms with E-state index in [-0.39, 0.29) is 23.9 Å². The maximum atomic E-state index is 13.7. The van der Waals surface area contributed by atoms with Crippen LogP contribution in [-0.2, 0) is 6.54 Å². The molecule has 0 aliphatic rings. The summed E-state index contributed by atoms with van der Waals surface area (Å²) in [5.41, 5.74) is 0.522. The summed E-state index contributed by atoms with van der Waals surface area (Å²) in [6.07, 6.45) is 1.29. The molecule has 0 aliphatic carbocycles. The third-order valence-corrected chi connectivity index (χ3v) is 3.78. The van der Waals surface area contributed by atoms with Crippen molar-refractivity contribution < 1.29 is 22.7 Å². The van der Waals surface area contributed by atoms with Crippen molar-refractivity contribution in [2.24, 2.45) is 0 Å². The molecule has 0 saturated carbocycles. The van der Waals surface area contributed by atoms with Crippen LogP contribution in [0.2, 0.25) is 0 Å². The van der Waals surface area contributed by atoms with Crippen molar-refractivity contribution >= 4 is 17.5 Å². The first-order valence-corrected chi connectivity index (χ1v) is 8.12. The largest absolute Gasteiger partial charge is 0.497 e. The molecule has 0 fully saturated rings. The van der Waals surface area contributed by atoms with Crippen molar-refractivity contribution in [2.45, 2.75) is 6.54 Å². The number of nitrogens with zero attached hydrogens (tertiary/aromatic N) is 2. The highest BCUT2D eigenvalue weighted by atomic mass is 19.2. The van der Waals surface area contributed by atoms with E-state index in [1.54, 1.807) is 31.4 Å². The second-order valence-electron chi connectivity index (χ2n) is 5.64. The normalized spacial score (nSPS) is 10.4. The second-order valence-corrected chi connectivity index (χ2v) is 5.64. The Morgan fingerprint density at radius 2 is 1.79 bits per heavy atom. The predicted molar refractivity (Wildman–Crippen MR) is 95.8 cm³/mol. The molecule has 0 bridgehead atoms. The molecular formula is C19H15F3N4O2. The maximum absolute atomic E-state index is 13.7. The summed E-state index contributed by atoms with van der Waals surface area (Å²) < 4.78 is 45.1. The fourth-order valence-electron chi connectivity index (χ4n) is 2.30. The minimum absolute atomic E-state index is 0.0222. The molecule has 0 atom stereocenters. The SMILES string of the molecule is COc1ccc(CNC(=O)c2ccnc(Nc3ccc(F)c(F)c3F)n2)cc1.